The van der Waals surface area contributed by atoms with Crippen LogP contribution in [-0.4, -0.2) is 0 Å². The molecule has 2 N–H and O–H groups in total. The summed E-state index contributed by atoms with van der Waals surface area (Å²) in [7, 11) is 0. The Balaban J connectivity index is 2.94. The SMILES string of the molecule is N#Cc1cc(Cl)cc2c(N)csc12. The summed E-state index contributed by atoms with van der Waals surface area (Å²) in [5.41, 5.74) is 6.98. The molecule has 0 atom stereocenters. The minimum absolute atomic E-state index is 0.550. The van der Waals surface area contributed by atoms with E-state index >= 15 is 0 Å². The van der Waals surface area contributed by atoms with E-state index in [1.165, 1.54) is 11.3 Å². The molecule has 0 saturated heterocycles. The van der Waals surface area contributed by atoms with Crippen LogP contribution in [0.15, 0.2) is 17.5 Å². The molecule has 0 aliphatic rings. The number of nitrogens with zero attached hydrogens (tertiary/aromatic N) is 1. The van der Waals surface area contributed by atoms with E-state index in [1.54, 1.807) is 12.1 Å². The first kappa shape index (κ1) is 8.36. The standard InChI is InChI=1S/C9H5ClN2S/c10-6-1-5(3-11)9-7(2-6)8(12)4-13-9/h1-2,4H,12H2. The Morgan fingerprint density at radius 1 is 1.46 bits per heavy atom. The molecule has 0 bridgehead atoms. The monoisotopic (exact) mass is 208 g/mol. The Labute approximate surface area is 84.2 Å². The smallest absolute Gasteiger partial charge is 0.101 e. The lowest BCUT2D eigenvalue weighted by molar-refractivity contribution is 1.51. The van der Waals surface area contributed by atoms with Crippen LogP contribution in [0.1, 0.15) is 5.56 Å². The highest BCUT2D eigenvalue weighted by Gasteiger charge is 2.06. The number of benzene rings is 1. The third-order valence-electron chi connectivity index (χ3n) is 1.79. The Bertz CT molecular complexity index is 510. The van der Waals surface area contributed by atoms with Crippen molar-refractivity contribution >= 4 is 38.7 Å². The molecule has 0 saturated carbocycles. The Kier molecular flexibility index (Phi) is 1.87. The predicted molar refractivity (Wildman–Crippen MR) is 56.0 cm³/mol. The molecule has 0 unspecified atom stereocenters. The molecule has 0 amide bonds. The molecule has 4 heteroatoms. The van der Waals surface area contributed by atoms with Crippen LogP contribution in [0.2, 0.25) is 5.02 Å². The Morgan fingerprint density at radius 2 is 2.23 bits per heavy atom. The van der Waals surface area contributed by atoms with Crippen molar-refractivity contribution in [3.8, 4) is 6.07 Å². The molecule has 2 nitrogen and oxygen atoms in total. The molecule has 64 valence electrons. The molecular weight excluding hydrogens is 204 g/mol. The number of hydrogen-bond acceptors (Lipinski definition) is 3. The topological polar surface area (TPSA) is 49.8 Å². The van der Waals surface area contributed by atoms with Crippen molar-refractivity contribution in [2.45, 2.75) is 0 Å². The van der Waals surface area contributed by atoms with E-state index < -0.39 is 0 Å². The molecule has 0 fully saturated rings. The number of anilines is 1. The normalized spacial score (nSPS) is 10.2. The van der Waals surface area contributed by atoms with E-state index in [0.717, 1.165) is 10.1 Å². The Morgan fingerprint density at radius 3 is 2.92 bits per heavy atom. The van der Waals surface area contributed by atoms with Gasteiger partial charge in [-0.15, -0.1) is 11.3 Å². The maximum atomic E-state index is 8.83. The summed E-state index contributed by atoms with van der Waals surface area (Å²) in [5.74, 6) is 0. The number of rotatable bonds is 0. The molecule has 0 radical (unpaired) electrons. The third-order valence-corrected chi connectivity index (χ3v) is 3.05. The highest BCUT2D eigenvalue weighted by atomic mass is 35.5. The zero-order valence-corrected chi connectivity index (χ0v) is 8.12. The van der Waals surface area contributed by atoms with Crippen molar-refractivity contribution in [2.75, 3.05) is 5.73 Å². The molecule has 13 heavy (non-hydrogen) atoms. The van der Waals surface area contributed by atoms with E-state index in [0.29, 0.717) is 16.3 Å². The number of thiophene rings is 1. The summed E-state index contributed by atoms with van der Waals surface area (Å²) in [6.07, 6.45) is 0. The van der Waals surface area contributed by atoms with Gasteiger partial charge in [-0.25, -0.2) is 0 Å². The average Bonchev–Trinajstić information content (AvgIpc) is 2.47. The van der Waals surface area contributed by atoms with Gasteiger partial charge in [0.25, 0.3) is 0 Å². The summed E-state index contributed by atoms with van der Waals surface area (Å²) >= 11 is 7.30. The maximum absolute atomic E-state index is 8.83. The van der Waals surface area contributed by atoms with Gasteiger partial charge in [0.05, 0.1) is 16.0 Å². The van der Waals surface area contributed by atoms with Crippen LogP contribution in [0.4, 0.5) is 5.69 Å². The molecule has 1 aromatic carbocycles. The number of fused-ring (bicyclic) bond motifs is 1. The zero-order chi connectivity index (χ0) is 9.42. The summed E-state index contributed by atoms with van der Waals surface area (Å²) in [6.45, 7) is 0. The van der Waals surface area contributed by atoms with Crippen molar-refractivity contribution in [1.82, 2.24) is 0 Å². The van der Waals surface area contributed by atoms with Crippen LogP contribution in [0.3, 0.4) is 0 Å². The van der Waals surface area contributed by atoms with Crippen molar-refractivity contribution < 1.29 is 0 Å². The average molecular weight is 209 g/mol. The van der Waals surface area contributed by atoms with Crippen LogP contribution < -0.4 is 5.73 Å². The van der Waals surface area contributed by atoms with Crippen LogP contribution in [-0.2, 0) is 0 Å². The summed E-state index contributed by atoms with van der Waals surface area (Å²) in [6, 6.07) is 5.53. The first-order valence-corrected chi connectivity index (χ1v) is 4.84. The lowest BCUT2D eigenvalue weighted by atomic mass is 10.2. The van der Waals surface area contributed by atoms with Crippen molar-refractivity contribution in [2.24, 2.45) is 0 Å². The van der Waals surface area contributed by atoms with Gasteiger partial charge >= 0.3 is 0 Å². The van der Waals surface area contributed by atoms with Crippen LogP contribution in [0.25, 0.3) is 10.1 Å². The lowest BCUT2D eigenvalue weighted by Crippen LogP contribution is -1.81. The second kappa shape index (κ2) is 2.91. The summed E-state index contributed by atoms with van der Waals surface area (Å²) < 4.78 is 0.907. The van der Waals surface area contributed by atoms with Gasteiger partial charge in [0.1, 0.15) is 6.07 Å². The second-order valence-corrected chi connectivity index (χ2v) is 3.95. The first-order valence-electron chi connectivity index (χ1n) is 3.58. The second-order valence-electron chi connectivity index (χ2n) is 2.63. The van der Waals surface area contributed by atoms with E-state index in [2.05, 4.69) is 6.07 Å². The summed E-state index contributed by atoms with van der Waals surface area (Å²) in [4.78, 5) is 0. The number of nitriles is 1. The largest absolute Gasteiger partial charge is 0.398 e. The van der Waals surface area contributed by atoms with Gasteiger partial charge in [0.15, 0.2) is 0 Å². The highest BCUT2D eigenvalue weighted by molar-refractivity contribution is 7.18. The Hall–Kier alpha value is -1.24. The molecule has 0 aliphatic carbocycles. The van der Waals surface area contributed by atoms with Crippen molar-refractivity contribution in [3.05, 3.63) is 28.1 Å². The maximum Gasteiger partial charge on any atom is 0.101 e. The lowest BCUT2D eigenvalue weighted by Gasteiger charge is -1.95. The molecule has 2 aromatic rings. The molecule has 0 aliphatic heterocycles. The number of nitrogens with two attached hydrogens (primary N) is 1. The zero-order valence-electron chi connectivity index (χ0n) is 6.54. The number of hydrogen-bond donors (Lipinski definition) is 1. The van der Waals surface area contributed by atoms with E-state index in [4.69, 9.17) is 22.6 Å². The van der Waals surface area contributed by atoms with E-state index in [1.807, 2.05) is 5.38 Å². The fraction of sp³-hybridized carbons (Fsp3) is 0. The van der Waals surface area contributed by atoms with Crippen LogP contribution in [0.5, 0.6) is 0 Å². The number of nitrogen functional groups attached to an aromatic ring is 1. The van der Waals surface area contributed by atoms with Crippen LogP contribution in [0, 0.1) is 11.3 Å². The van der Waals surface area contributed by atoms with Gasteiger partial charge in [-0.3, -0.25) is 0 Å². The number of halogens is 1. The van der Waals surface area contributed by atoms with Gasteiger partial charge in [-0.2, -0.15) is 5.26 Å². The fourth-order valence-electron chi connectivity index (χ4n) is 1.20. The predicted octanol–water partition coefficient (Wildman–Crippen LogP) is 3.01. The third kappa shape index (κ3) is 1.24. The molecular formula is C9H5ClN2S. The molecule has 2 rings (SSSR count). The minimum Gasteiger partial charge on any atom is -0.398 e. The van der Waals surface area contributed by atoms with Crippen molar-refractivity contribution in [1.29, 1.82) is 5.26 Å². The van der Waals surface area contributed by atoms with Crippen LogP contribution >= 0.6 is 22.9 Å². The molecule has 0 spiro atoms. The highest BCUT2D eigenvalue weighted by Crippen LogP contribution is 2.33. The van der Waals surface area contributed by atoms with Gasteiger partial charge in [0, 0.05) is 15.8 Å². The van der Waals surface area contributed by atoms with E-state index in [-0.39, 0.29) is 0 Å². The minimum atomic E-state index is 0.550. The van der Waals surface area contributed by atoms with Gasteiger partial charge in [0.2, 0.25) is 0 Å². The summed E-state index contributed by atoms with van der Waals surface area (Å²) in [5, 5.41) is 12.1. The molecule has 1 aromatic heterocycles. The van der Waals surface area contributed by atoms with Gasteiger partial charge in [-0.05, 0) is 12.1 Å². The van der Waals surface area contributed by atoms with Gasteiger partial charge in [-0.1, -0.05) is 11.6 Å². The van der Waals surface area contributed by atoms with Crippen molar-refractivity contribution in [3.63, 3.8) is 0 Å². The quantitative estimate of drug-likeness (QED) is 0.724. The van der Waals surface area contributed by atoms with E-state index in [9.17, 15) is 0 Å². The fourth-order valence-corrected chi connectivity index (χ4v) is 2.33. The van der Waals surface area contributed by atoms with Gasteiger partial charge < -0.3 is 5.73 Å². The first-order chi connectivity index (χ1) is 6.22. The molecule has 1 heterocycles.